The Kier molecular flexibility index (Phi) is 7.84. The zero-order chi connectivity index (χ0) is 23.3. The summed E-state index contributed by atoms with van der Waals surface area (Å²) < 4.78 is 9.95. The maximum absolute atomic E-state index is 12.8. The van der Waals surface area contributed by atoms with Gasteiger partial charge in [-0.05, 0) is 31.5 Å². The van der Waals surface area contributed by atoms with Crippen LogP contribution in [0.3, 0.4) is 0 Å². The lowest BCUT2D eigenvalue weighted by Crippen LogP contribution is -2.26. The second kappa shape index (κ2) is 9.96. The van der Waals surface area contributed by atoms with E-state index in [4.69, 9.17) is 9.47 Å². The molecule has 0 atom stereocenters. The molecule has 0 radical (unpaired) electrons. The minimum Gasteiger partial charge on any atom is -0.465 e. The summed E-state index contributed by atoms with van der Waals surface area (Å²) >= 11 is 1.18. The number of methoxy groups -OCH3 is 1. The van der Waals surface area contributed by atoms with Gasteiger partial charge in [-0.25, -0.2) is 9.59 Å². The highest BCUT2D eigenvalue weighted by Crippen LogP contribution is 2.26. The average Bonchev–Trinajstić information content (AvgIpc) is 3.02. The van der Waals surface area contributed by atoms with Gasteiger partial charge >= 0.3 is 11.9 Å². The lowest BCUT2D eigenvalue weighted by atomic mass is 9.91. The number of hydrogen-bond donors (Lipinski definition) is 1. The van der Waals surface area contributed by atoms with E-state index in [0.29, 0.717) is 27.4 Å². The van der Waals surface area contributed by atoms with Crippen LogP contribution in [0.15, 0.2) is 29.2 Å². The topological polar surface area (TPSA) is 103 Å². The monoisotopic (exact) mass is 445 g/mol. The number of ether oxygens (including phenoxy) is 2. The van der Waals surface area contributed by atoms with Crippen molar-refractivity contribution in [2.45, 2.75) is 39.5 Å². The highest BCUT2D eigenvalue weighted by atomic mass is 32.2. The molecule has 166 valence electrons. The minimum absolute atomic E-state index is 0.0482. The van der Waals surface area contributed by atoms with Crippen LogP contribution in [0.25, 0.3) is 0 Å². The molecule has 0 spiro atoms. The summed E-state index contributed by atoms with van der Waals surface area (Å²) in [4.78, 5) is 52.7. The molecule has 0 amide bonds. The molecule has 1 N–H and O–H groups in total. The zero-order valence-electron chi connectivity index (χ0n) is 18.6. The maximum Gasteiger partial charge on any atom is 0.339 e. The van der Waals surface area contributed by atoms with E-state index in [1.807, 2.05) is 0 Å². The van der Waals surface area contributed by atoms with E-state index in [9.17, 15) is 19.2 Å². The van der Waals surface area contributed by atoms with E-state index in [1.54, 1.807) is 58.9 Å². The van der Waals surface area contributed by atoms with Gasteiger partial charge in [0, 0.05) is 16.0 Å². The molecule has 0 saturated carbocycles. The first-order valence-electron chi connectivity index (χ1n) is 9.70. The molecular formula is C23H27NO6S. The van der Waals surface area contributed by atoms with Crippen molar-refractivity contribution in [2.75, 3.05) is 19.5 Å². The number of rotatable bonds is 8. The molecule has 31 heavy (non-hydrogen) atoms. The normalized spacial score (nSPS) is 11.2. The molecule has 2 aromatic rings. The number of aromatic amines is 1. The molecular weight excluding hydrogens is 418 g/mol. The van der Waals surface area contributed by atoms with Gasteiger partial charge in [-0.2, -0.15) is 0 Å². The van der Waals surface area contributed by atoms with E-state index in [0.717, 1.165) is 0 Å². The average molecular weight is 446 g/mol. The van der Waals surface area contributed by atoms with E-state index in [2.05, 4.69) is 4.98 Å². The Morgan fingerprint density at radius 3 is 2.29 bits per heavy atom. The standard InChI is InChI=1S/C23H27NO6S/c1-13-19(22(28)29-6)14(2)24-20(13)16(25)12-31-17-10-8-7-9-15(17)21(27)30-11-18(26)23(3,4)5/h7-10,24H,11-12H2,1-6H3. The van der Waals surface area contributed by atoms with Crippen molar-refractivity contribution in [1.82, 2.24) is 4.98 Å². The number of ketones is 2. The number of aromatic nitrogens is 1. The zero-order valence-corrected chi connectivity index (χ0v) is 19.4. The predicted molar refractivity (Wildman–Crippen MR) is 118 cm³/mol. The molecule has 0 unspecified atom stereocenters. The number of esters is 2. The van der Waals surface area contributed by atoms with E-state index >= 15 is 0 Å². The Bertz CT molecular complexity index is 1020. The number of carbonyl (C=O) groups excluding carboxylic acids is 4. The van der Waals surface area contributed by atoms with Gasteiger partial charge in [0.15, 0.2) is 18.2 Å². The van der Waals surface area contributed by atoms with Gasteiger partial charge in [0.25, 0.3) is 0 Å². The van der Waals surface area contributed by atoms with Crippen molar-refractivity contribution in [3.63, 3.8) is 0 Å². The summed E-state index contributed by atoms with van der Waals surface area (Å²) in [5.74, 6) is -1.47. The van der Waals surface area contributed by atoms with Gasteiger partial charge in [-0.1, -0.05) is 32.9 Å². The third-order valence-corrected chi connectivity index (χ3v) is 5.82. The van der Waals surface area contributed by atoms with Gasteiger partial charge in [0.2, 0.25) is 0 Å². The second-order valence-electron chi connectivity index (χ2n) is 8.07. The Morgan fingerprint density at radius 2 is 1.68 bits per heavy atom. The predicted octanol–water partition coefficient (Wildman–Crippen LogP) is 4.17. The highest BCUT2D eigenvalue weighted by Gasteiger charge is 2.25. The fourth-order valence-corrected chi connectivity index (χ4v) is 3.75. The molecule has 7 nitrogen and oxygen atoms in total. The summed E-state index contributed by atoms with van der Waals surface area (Å²) in [5, 5.41) is 0. The lowest BCUT2D eigenvalue weighted by molar-refractivity contribution is -0.129. The SMILES string of the molecule is COC(=O)c1c(C)[nH]c(C(=O)CSc2ccccc2C(=O)OCC(=O)C(C)(C)C)c1C. The van der Waals surface area contributed by atoms with Gasteiger partial charge in [0.1, 0.15) is 0 Å². The van der Waals surface area contributed by atoms with Crippen LogP contribution in [0.1, 0.15) is 63.2 Å². The number of H-pyrrole nitrogens is 1. The summed E-state index contributed by atoms with van der Waals surface area (Å²) in [6.07, 6.45) is 0. The van der Waals surface area contributed by atoms with Crippen molar-refractivity contribution < 1.29 is 28.7 Å². The van der Waals surface area contributed by atoms with E-state index in [-0.39, 0.29) is 29.5 Å². The molecule has 0 aliphatic rings. The summed E-state index contributed by atoms with van der Waals surface area (Å²) in [6.45, 7) is 8.35. The Morgan fingerprint density at radius 1 is 1.03 bits per heavy atom. The quantitative estimate of drug-likeness (QED) is 0.370. The maximum atomic E-state index is 12.8. The molecule has 1 aromatic heterocycles. The van der Waals surface area contributed by atoms with Crippen LogP contribution in [0, 0.1) is 19.3 Å². The number of hydrogen-bond acceptors (Lipinski definition) is 7. The number of Topliss-reactive ketones (excluding diaryl/α,β-unsaturated/α-hetero) is 2. The fourth-order valence-electron chi connectivity index (χ4n) is 2.84. The highest BCUT2D eigenvalue weighted by molar-refractivity contribution is 8.00. The van der Waals surface area contributed by atoms with Crippen LogP contribution in [0.5, 0.6) is 0 Å². The summed E-state index contributed by atoms with van der Waals surface area (Å²) in [6, 6.07) is 6.75. The van der Waals surface area contributed by atoms with Crippen molar-refractivity contribution in [2.24, 2.45) is 5.41 Å². The van der Waals surface area contributed by atoms with Gasteiger partial charge in [-0.3, -0.25) is 9.59 Å². The molecule has 0 bridgehead atoms. The summed E-state index contributed by atoms with van der Waals surface area (Å²) in [5.41, 5.74) is 1.46. The Labute approximate surface area is 185 Å². The van der Waals surface area contributed by atoms with Crippen LogP contribution in [-0.2, 0) is 14.3 Å². The third kappa shape index (κ3) is 5.85. The molecule has 1 heterocycles. The number of thioether (sulfide) groups is 1. The van der Waals surface area contributed by atoms with Crippen LogP contribution in [0.2, 0.25) is 0 Å². The number of aryl methyl sites for hydroxylation is 1. The van der Waals surface area contributed by atoms with Crippen LogP contribution >= 0.6 is 11.8 Å². The van der Waals surface area contributed by atoms with Crippen molar-refractivity contribution in [3.8, 4) is 0 Å². The molecule has 0 saturated heterocycles. The first-order chi connectivity index (χ1) is 14.5. The number of carbonyl (C=O) groups is 4. The second-order valence-corrected chi connectivity index (χ2v) is 9.09. The lowest BCUT2D eigenvalue weighted by Gasteiger charge is -2.16. The third-order valence-electron chi connectivity index (χ3n) is 4.74. The first-order valence-corrected chi connectivity index (χ1v) is 10.7. The number of nitrogens with one attached hydrogen (secondary N) is 1. The summed E-state index contributed by atoms with van der Waals surface area (Å²) in [7, 11) is 1.29. The smallest absolute Gasteiger partial charge is 0.339 e. The van der Waals surface area contributed by atoms with E-state index in [1.165, 1.54) is 18.9 Å². The van der Waals surface area contributed by atoms with Crippen molar-refractivity contribution in [1.29, 1.82) is 0 Å². The van der Waals surface area contributed by atoms with Gasteiger partial charge < -0.3 is 14.5 Å². The van der Waals surface area contributed by atoms with E-state index < -0.39 is 17.4 Å². The Hall–Kier alpha value is -2.87. The molecule has 0 fully saturated rings. The molecule has 1 aromatic carbocycles. The molecule has 8 heteroatoms. The van der Waals surface area contributed by atoms with Crippen LogP contribution in [0.4, 0.5) is 0 Å². The van der Waals surface area contributed by atoms with Crippen molar-refractivity contribution >= 4 is 35.3 Å². The Balaban J connectivity index is 2.12. The largest absolute Gasteiger partial charge is 0.465 e. The van der Waals surface area contributed by atoms with Crippen molar-refractivity contribution in [3.05, 3.63) is 52.3 Å². The number of benzene rings is 1. The van der Waals surface area contributed by atoms with Crippen LogP contribution in [-0.4, -0.2) is 48.0 Å². The fraction of sp³-hybridized carbons (Fsp3) is 0.391. The van der Waals surface area contributed by atoms with Gasteiger partial charge in [0.05, 0.1) is 29.7 Å². The molecule has 0 aliphatic heterocycles. The first kappa shape index (κ1) is 24.4. The van der Waals surface area contributed by atoms with Gasteiger partial charge in [-0.15, -0.1) is 11.8 Å². The molecule has 0 aliphatic carbocycles. The minimum atomic E-state index is -0.618. The molecule has 2 rings (SSSR count). The van der Waals surface area contributed by atoms with Crippen LogP contribution < -0.4 is 0 Å².